The molecular weight excluding hydrogens is 356 g/mol. The first kappa shape index (κ1) is 19.7. The molecule has 2 atom stereocenters. The zero-order valence-electron chi connectivity index (χ0n) is 16.7. The maximum absolute atomic E-state index is 13.1. The van der Waals surface area contributed by atoms with Gasteiger partial charge in [0.15, 0.2) is 0 Å². The summed E-state index contributed by atoms with van der Waals surface area (Å²) in [6, 6.07) is 14.8. The summed E-state index contributed by atoms with van der Waals surface area (Å²) >= 11 is 0. The molecule has 6 nitrogen and oxygen atoms in total. The fourth-order valence-corrected chi connectivity index (χ4v) is 3.58. The van der Waals surface area contributed by atoms with Gasteiger partial charge in [0.25, 0.3) is 0 Å². The fraction of sp³-hybridized carbons (Fsp3) is 0.364. The van der Waals surface area contributed by atoms with E-state index in [-0.39, 0.29) is 30.2 Å². The summed E-state index contributed by atoms with van der Waals surface area (Å²) in [6.07, 6.45) is 0.216. The molecule has 3 rings (SSSR count). The van der Waals surface area contributed by atoms with E-state index in [0.717, 1.165) is 22.7 Å². The summed E-state index contributed by atoms with van der Waals surface area (Å²) in [5.74, 6) is 1.03. The van der Waals surface area contributed by atoms with Gasteiger partial charge in [-0.25, -0.2) is 0 Å². The first-order valence-corrected chi connectivity index (χ1v) is 9.30. The molecule has 1 heterocycles. The molecule has 1 aliphatic heterocycles. The number of carbonyl (C=O) groups excluding carboxylic acids is 2. The molecule has 1 aliphatic rings. The molecule has 2 amide bonds. The third-order valence-electron chi connectivity index (χ3n) is 5.38. The molecule has 6 heteroatoms. The van der Waals surface area contributed by atoms with E-state index in [2.05, 4.69) is 0 Å². The maximum Gasteiger partial charge on any atom is 0.228 e. The predicted molar refractivity (Wildman–Crippen MR) is 108 cm³/mol. The highest BCUT2D eigenvalue weighted by atomic mass is 16.5. The number of benzene rings is 2. The first-order chi connectivity index (χ1) is 13.5. The number of carbonyl (C=O) groups is 2. The molecule has 148 valence electrons. The van der Waals surface area contributed by atoms with Gasteiger partial charge in [0.05, 0.1) is 26.2 Å². The van der Waals surface area contributed by atoms with E-state index < -0.39 is 0 Å². The van der Waals surface area contributed by atoms with Gasteiger partial charge in [-0.2, -0.15) is 0 Å². The van der Waals surface area contributed by atoms with Gasteiger partial charge in [-0.1, -0.05) is 18.2 Å². The number of methoxy groups -OCH3 is 2. The van der Waals surface area contributed by atoms with Crippen molar-refractivity contribution in [3.63, 3.8) is 0 Å². The Morgan fingerprint density at radius 3 is 2.43 bits per heavy atom. The number of rotatable bonds is 6. The lowest BCUT2D eigenvalue weighted by Crippen LogP contribution is -2.36. The molecule has 2 aromatic carbocycles. The predicted octanol–water partition coefficient (Wildman–Crippen LogP) is 3.28. The van der Waals surface area contributed by atoms with Crippen LogP contribution in [0.2, 0.25) is 0 Å². The molecule has 0 radical (unpaired) electrons. The topological polar surface area (TPSA) is 59.1 Å². The molecule has 0 spiro atoms. The van der Waals surface area contributed by atoms with Crippen LogP contribution in [0, 0.1) is 5.92 Å². The van der Waals surface area contributed by atoms with Gasteiger partial charge in [-0.05, 0) is 37.3 Å². The van der Waals surface area contributed by atoms with Crippen molar-refractivity contribution in [3.05, 3.63) is 54.1 Å². The van der Waals surface area contributed by atoms with E-state index in [1.54, 1.807) is 31.1 Å². The van der Waals surface area contributed by atoms with Gasteiger partial charge in [0.1, 0.15) is 11.5 Å². The van der Waals surface area contributed by atoms with Crippen LogP contribution in [-0.2, 0) is 9.59 Å². The average Bonchev–Trinajstić information content (AvgIpc) is 3.13. The SMILES string of the molecule is COc1ccc(N2CC(C(=O)N(C)C(C)c3ccccc3OC)CC2=O)cc1. The molecule has 0 saturated carbocycles. The number of amides is 2. The second kappa shape index (κ2) is 8.33. The number of anilines is 1. The lowest BCUT2D eigenvalue weighted by Gasteiger charge is -2.28. The number of hydrogen-bond donors (Lipinski definition) is 0. The van der Waals surface area contributed by atoms with Crippen LogP contribution in [-0.4, -0.2) is 44.5 Å². The van der Waals surface area contributed by atoms with Crippen molar-refractivity contribution in [2.24, 2.45) is 5.92 Å². The van der Waals surface area contributed by atoms with Gasteiger partial charge >= 0.3 is 0 Å². The van der Waals surface area contributed by atoms with Gasteiger partial charge < -0.3 is 19.3 Å². The molecule has 1 fully saturated rings. The minimum atomic E-state index is -0.364. The minimum Gasteiger partial charge on any atom is -0.497 e. The summed E-state index contributed by atoms with van der Waals surface area (Å²) in [5.41, 5.74) is 1.72. The Labute approximate surface area is 165 Å². The normalized spacial score (nSPS) is 17.4. The van der Waals surface area contributed by atoms with Crippen molar-refractivity contribution >= 4 is 17.5 Å². The van der Waals surface area contributed by atoms with Crippen LogP contribution in [0.25, 0.3) is 0 Å². The standard InChI is InChI=1S/C22H26N2O4/c1-15(19-7-5-6-8-20(19)28-4)23(2)22(26)16-13-21(25)24(14-16)17-9-11-18(27-3)12-10-17/h5-12,15-16H,13-14H2,1-4H3. The smallest absolute Gasteiger partial charge is 0.228 e. The third kappa shape index (κ3) is 3.81. The summed E-state index contributed by atoms with van der Waals surface area (Å²) in [7, 11) is 5.00. The van der Waals surface area contributed by atoms with Crippen LogP contribution < -0.4 is 14.4 Å². The van der Waals surface area contributed by atoms with E-state index in [9.17, 15) is 9.59 Å². The van der Waals surface area contributed by atoms with E-state index in [1.807, 2.05) is 55.5 Å². The van der Waals surface area contributed by atoms with Crippen molar-refractivity contribution in [1.82, 2.24) is 4.90 Å². The Morgan fingerprint density at radius 2 is 1.79 bits per heavy atom. The largest absolute Gasteiger partial charge is 0.497 e. The Hall–Kier alpha value is -3.02. The van der Waals surface area contributed by atoms with E-state index >= 15 is 0 Å². The number of para-hydroxylation sites is 1. The molecule has 2 unspecified atom stereocenters. The Kier molecular flexibility index (Phi) is 5.87. The highest BCUT2D eigenvalue weighted by Gasteiger charge is 2.37. The minimum absolute atomic E-state index is 0.0391. The molecule has 28 heavy (non-hydrogen) atoms. The quantitative estimate of drug-likeness (QED) is 0.769. The number of ether oxygens (including phenoxy) is 2. The first-order valence-electron chi connectivity index (χ1n) is 9.30. The third-order valence-corrected chi connectivity index (χ3v) is 5.38. The summed E-state index contributed by atoms with van der Waals surface area (Å²) in [5, 5.41) is 0. The van der Waals surface area contributed by atoms with Gasteiger partial charge in [0, 0.05) is 31.3 Å². The zero-order chi connectivity index (χ0) is 20.3. The van der Waals surface area contributed by atoms with Crippen molar-refractivity contribution in [2.45, 2.75) is 19.4 Å². The van der Waals surface area contributed by atoms with Gasteiger partial charge in [-0.15, -0.1) is 0 Å². The Morgan fingerprint density at radius 1 is 1.11 bits per heavy atom. The molecule has 0 bridgehead atoms. The highest BCUT2D eigenvalue weighted by Crippen LogP contribution is 2.32. The van der Waals surface area contributed by atoms with Gasteiger partial charge in [-0.3, -0.25) is 9.59 Å². The number of hydrogen-bond acceptors (Lipinski definition) is 4. The summed E-state index contributed by atoms with van der Waals surface area (Å²) in [4.78, 5) is 29.0. The number of nitrogens with zero attached hydrogens (tertiary/aromatic N) is 2. The zero-order valence-corrected chi connectivity index (χ0v) is 16.7. The van der Waals surface area contributed by atoms with E-state index in [4.69, 9.17) is 9.47 Å². The Bertz CT molecular complexity index is 850. The van der Waals surface area contributed by atoms with Crippen LogP contribution in [0.5, 0.6) is 11.5 Å². The fourth-order valence-electron chi connectivity index (χ4n) is 3.58. The van der Waals surface area contributed by atoms with Crippen LogP contribution >= 0.6 is 0 Å². The monoisotopic (exact) mass is 382 g/mol. The van der Waals surface area contributed by atoms with Crippen molar-refractivity contribution < 1.29 is 19.1 Å². The van der Waals surface area contributed by atoms with E-state index in [0.29, 0.717) is 6.54 Å². The lowest BCUT2D eigenvalue weighted by molar-refractivity contribution is -0.136. The van der Waals surface area contributed by atoms with Crippen LogP contribution in [0.3, 0.4) is 0 Å². The summed E-state index contributed by atoms with van der Waals surface area (Å²) < 4.78 is 10.6. The van der Waals surface area contributed by atoms with Gasteiger partial charge in [0.2, 0.25) is 11.8 Å². The molecule has 0 aliphatic carbocycles. The van der Waals surface area contributed by atoms with Crippen LogP contribution in [0.4, 0.5) is 5.69 Å². The second-order valence-electron chi connectivity index (χ2n) is 6.97. The van der Waals surface area contributed by atoms with Crippen molar-refractivity contribution in [3.8, 4) is 11.5 Å². The Balaban J connectivity index is 1.72. The average molecular weight is 382 g/mol. The van der Waals surface area contributed by atoms with Crippen molar-refractivity contribution in [2.75, 3.05) is 32.7 Å². The second-order valence-corrected chi connectivity index (χ2v) is 6.97. The molecule has 0 N–H and O–H groups in total. The molecular formula is C22H26N2O4. The van der Waals surface area contributed by atoms with E-state index in [1.165, 1.54) is 0 Å². The van der Waals surface area contributed by atoms with Crippen molar-refractivity contribution in [1.29, 1.82) is 0 Å². The summed E-state index contributed by atoms with van der Waals surface area (Å²) in [6.45, 7) is 2.35. The maximum atomic E-state index is 13.1. The van der Waals surface area contributed by atoms with Crippen LogP contribution in [0.15, 0.2) is 48.5 Å². The highest BCUT2D eigenvalue weighted by molar-refractivity contribution is 6.00. The lowest BCUT2D eigenvalue weighted by atomic mass is 10.0. The molecule has 0 aromatic heterocycles. The molecule has 2 aromatic rings. The molecule has 1 saturated heterocycles. The van der Waals surface area contributed by atoms with Crippen LogP contribution in [0.1, 0.15) is 24.9 Å².